The molecule has 3 aromatic rings. The maximum absolute atomic E-state index is 13.0. The van der Waals surface area contributed by atoms with E-state index in [1.807, 2.05) is 12.1 Å². The van der Waals surface area contributed by atoms with Crippen molar-refractivity contribution in [1.29, 1.82) is 0 Å². The average Bonchev–Trinajstić information content (AvgIpc) is 2.59. The van der Waals surface area contributed by atoms with E-state index >= 15 is 0 Å². The lowest BCUT2D eigenvalue weighted by molar-refractivity contribution is 0.0848. The van der Waals surface area contributed by atoms with Crippen molar-refractivity contribution in [2.45, 2.75) is 32.3 Å². The smallest absolute Gasteiger partial charge is 0.200 e. The third-order valence-electron chi connectivity index (χ3n) is 4.74. The van der Waals surface area contributed by atoms with E-state index in [9.17, 15) is 4.79 Å². The van der Waals surface area contributed by atoms with Crippen molar-refractivity contribution in [2.75, 3.05) is 14.2 Å². The zero-order chi connectivity index (χ0) is 17.8. The summed E-state index contributed by atoms with van der Waals surface area (Å²) < 4.78 is 22.6. The van der Waals surface area contributed by atoms with Gasteiger partial charge < -0.3 is 18.6 Å². The molecule has 0 spiro atoms. The van der Waals surface area contributed by atoms with E-state index in [-0.39, 0.29) is 11.0 Å². The summed E-state index contributed by atoms with van der Waals surface area (Å²) in [5, 5.41) is 1.03. The first-order valence-corrected chi connectivity index (χ1v) is 8.26. The Balaban J connectivity index is 2.01. The summed E-state index contributed by atoms with van der Waals surface area (Å²) in [6.07, 6.45) is 1.79. The number of hydrogen-bond donors (Lipinski definition) is 0. The van der Waals surface area contributed by atoms with E-state index in [4.69, 9.17) is 18.6 Å². The normalized spacial score (nSPS) is 15.7. The van der Waals surface area contributed by atoms with E-state index in [0.29, 0.717) is 33.4 Å². The Kier molecular flexibility index (Phi) is 3.42. The molecule has 0 bridgehead atoms. The zero-order valence-corrected chi connectivity index (χ0v) is 14.8. The predicted octanol–water partition coefficient (Wildman–Crippen LogP) is 4.07. The minimum Gasteiger partial charge on any atom is -0.493 e. The van der Waals surface area contributed by atoms with E-state index in [1.54, 1.807) is 26.4 Å². The molecule has 130 valence electrons. The van der Waals surface area contributed by atoms with Gasteiger partial charge in [0, 0.05) is 12.1 Å². The quantitative estimate of drug-likeness (QED) is 0.658. The van der Waals surface area contributed by atoms with Crippen molar-refractivity contribution in [2.24, 2.45) is 0 Å². The van der Waals surface area contributed by atoms with E-state index < -0.39 is 0 Å². The fraction of sp³-hybridized carbons (Fsp3) is 0.350. The van der Waals surface area contributed by atoms with Gasteiger partial charge in [-0.1, -0.05) is 0 Å². The molecular weight excluding hydrogens is 320 g/mol. The third kappa shape index (κ3) is 2.51. The highest BCUT2D eigenvalue weighted by Crippen LogP contribution is 2.37. The second kappa shape index (κ2) is 5.41. The highest BCUT2D eigenvalue weighted by atomic mass is 16.5. The van der Waals surface area contributed by atoms with Gasteiger partial charge in [0.15, 0.2) is 11.5 Å². The van der Waals surface area contributed by atoms with Gasteiger partial charge in [0.05, 0.1) is 25.0 Å². The van der Waals surface area contributed by atoms with Crippen molar-refractivity contribution in [3.8, 4) is 17.2 Å². The van der Waals surface area contributed by atoms with Gasteiger partial charge in [-0.2, -0.15) is 0 Å². The Morgan fingerprint density at radius 1 is 0.960 bits per heavy atom. The number of hydrogen-bond acceptors (Lipinski definition) is 5. The summed E-state index contributed by atoms with van der Waals surface area (Å²) >= 11 is 0. The maximum Gasteiger partial charge on any atom is 0.200 e. The zero-order valence-electron chi connectivity index (χ0n) is 14.8. The molecule has 0 fully saturated rings. The van der Waals surface area contributed by atoms with E-state index in [0.717, 1.165) is 24.2 Å². The van der Waals surface area contributed by atoms with Crippen LogP contribution in [0.15, 0.2) is 33.5 Å². The maximum atomic E-state index is 13.0. The van der Waals surface area contributed by atoms with Crippen LogP contribution in [0.1, 0.15) is 25.8 Å². The van der Waals surface area contributed by atoms with Crippen LogP contribution in [0.4, 0.5) is 0 Å². The molecule has 1 aliphatic rings. The van der Waals surface area contributed by atoms with Crippen LogP contribution >= 0.6 is 0 Å². The highest BCUT2D eigenvalue weighted by Gasteiger charge is 2.27. The number of ether oxygens (including phenoxy) is 3. The van der Waals surface area contributed by atoms with Crippen molar-refractivity contribution in [3.63, 3.8) is 0 Å². The summed E-state index contributed by atoms with van der Waals surface area (Å²) in [7, 11) is 3.09. The molecule has 2 aromatic carbocycles. The van der Waals surface area contributed by atoms with E-state index in [1.165, 1.54) is 0 Å². The first-order chi connectivity index (χ1) is 11.9. The first kappa shape index (κ1) is 15.8. The fourth-order valence-electron chi connectivity index (χ4n) is 3.33. The topological polar surface area (TPSA) is 57.9 Å². The number of rotatable bonds is 2. The minimum absolute atomic E-state index is 0.0789. The molecule has 0 radical (unpaired) electrons. The Hall–Kier alpha value is -2.69. The van der Waals surface area contributed by atoms with Crippen molar-refractivity contribution < 1.29 is 18.6 Å². The van der Waals surface area contributed by atoms with Crippen LogP contribution in [-0.2, 0) is 6.42 Å². The van der Waals surface area contributed by atoms with Crippen molar-refractivity contribution in [1.82, 2.24) is 0 Å². The van der Waals surface area contributed by atoms with Crippen molar-refractivity contribution >= 4 is 21.9 Å². The molecule has 0 saturated carbocycles. The molecular formula is C20H20O5. The second-order valence-corrected chi connectivity index (χ2v) is 6.95. The summed E-state index contributed by atoms with van der Waals surface area (Å²) in [5.74, 6) is 1.81. The van der Waals surface area contributed by atoms with Gasteiger partial charge in [0.2, 0.25) is 5.43 Å². The lowest BCUT2D eigenvalue weighted by Crippen LogP contribution is -2.32. The molecule has 0 aliphatic carbocycles. The molecule has 1 aromatic heterocycles. The van der Waals surface area contributed by atoms with Gasteiger partial charge in [-0.05, 0) is 44.4 Å². The number of fused-ring (bicyclic) bond motifs is 3. The summed E-state index contributed by atoms with van der Waals surface area (Å²) in [6.45, 7) is 4.13. The van der Waals surface area contributed by atoms with Gasteiger partial charge in [-0.15, -0.1) is 0 Å². The van der Waals surface area contributed by atoms with Crippen LogP contribution in [0.2, 0.25) is 0 Å². The highest BCUT2D eigenvalue weighted by molar-refractivity contribution is 5.92. The minimum atomic E-state index is -0.214. The van der Waals surface area contributed by atoms with Crippen LogP contribution < -0.4 is 19.6 Å². The number of benzene rings is 2. The van der Waals surface area contributed by atoms with Crippen LogP contribution in [0.25, 0.3) is 21.9 Å². The van der Waals surface area contributed by atoms with Crippen molar-refractivity contribution in [3.05, 3.63) is 40.1 Å². The molecule has 2 heterocycles. The van der Waals surface area contributed by atoms with Gasteiger partial charge in [0.1, 0.15) is 22.5 Å². The Morgan fingerprint density at radius 2 is 1.60 bits per heavy atom. The Morgan fingerprint density at radius 3 is 2.32 bits per heavy atom. The molecule has 5 nitrogen and oxygen atoms in total. The Bertz CT molecular complexity index is 1050. The van der Waals surface area contributed by atoms with Crippen LogP contribution in [0, 0.1) is 0 Å². The van der Waals surface area contributed by atoms with Gasteiger partial charge in [-0.25, -0.2) is 0 Å². The molecule has 0 saturated heterocycles. The monoisotopic (exact) mass is 340 g/mol. The van der Waals surface area contributed by atoms with Crippen LogP contribution in [0.3, 0.4) is 0 Å². The molecule has 0 unspecified atom stereocenters. The molecule has 1 aliphatic heterocycles. The average molecular weight is 340 g/mol. The SMILES string of the molecule is COc1cc2oc3cc4c(cc3c(=O)c2cc1OC)CCC(C)(C)O4. The number of aryl methyl sites for hydroxylation is 1. The molecule has 0 atom stereocenters. The summed E-state index contributed by atoms with van der Waals surface area (Å²) in [4.78, 5) is 13.0. The molecule has 25 heavy (non-hydrogen) atoms. The predicted molar refractivity (Wildman–Crippen MR) is 96.1 cm³/mol. The summed E-state index contributed by atoms with van der Waals surface area (Å²) in [5.41, 5.74) is 1.73. The van der Waals surface area contributed by atoms with Gasteiger partial charge in [-0.3, -0.25) is 4.79 Å². The standard InChI is InChI=1S/C20H20O5/c1-20(2)6-5-11-7-12-15(9-14(11)25-20)24-16-10-18(23-4)17(22-3)8-13(16)19(12)21/h7-10H,5-6H2,1-4H3. The van der Waals surface area contributed by atoms with Crippen LogP contribution in [-0.4, -0.2) is 19.8 Å². The largest absolute Gasteiger partial charge is 0.493 e. The second-order valence-electron chi connectivity index (χ2n) is 6.95. The molecule has 0 N–H and O–H groups in total. The lowest BCUT2D eigenvalue weighted by Gasteiger charge is -2.32. The van der Waals surface area contributed by atoms with Crippen LogP contribution in [0.5, 0.6) is 17.2 Å². The third-order valence-corrected chi connectivity index (χ3v) is 4.74. The lowest BCUT2D eigenvalue weighted by atomic mass is 9.93. The van der Waals surface area contributed by atoms with E-state index in [2.05, 4.69) is 13.8 Å². The first-order valence-electron chi connectivity index (χ1n) is 8.26. The molecule has 0 amide bonds. The molecule has 5 heteroatoms. The summed E-state index contributed by atoms with van der Waals surface area (Å²) in [6, 6.07) is 7.06. The van der Waals surface area contributed by atoms with Gasteiger partial charge in [0.25, 0.3) is 0 Å². The number of methoxy groups -OCH3 is 2. The Labute approximate surface area is 145 Å². The van der Waals surface area contributed by atoms with Gasteiger partial charge >= 0.3 is 0 Å². The molecule has 4 rings (SSSR count). The fourth-order valence-corrected chi connectivity index (χ4v) is 3.33.